The Labute approximate surface area is 149 Å². The summed E-state index contributed by atoms with van der Waals surface area (Å²) in [6.45, 7) is 4.38. The Morgan fingerprint density at radius 3 is 2.72 bits per heavy atom. The van der Waals surface area contributed by atoms with Gasteiger partial charge in [-0.2, -0.15) is 5.10 Å². The molecule has 9 heteroatoms. The van der Waals surface area contributed by atoms with Gasteiger partial charge >= 0.3 is 4.87 Å². The highest BCUT2D eigenvalue weighted by molar-refractivity contribution is 7.89. The van der Waals surface area contributed by atoms with Crippen LogP contribution in [0.2, 0.25) is 0 Å². The fourth-order valence-electron chi connectivity index (χ4n) is 2.81. The van der Waals surface area contributed by atoms with Crippen LogP contribution in [0.5, 0.6) is 0 Å². The number of benzene rings is 1. The quantitative estimate of drug-likeness (QED) is 0.684. The molecule has 1 aromatic carbocycles. The van der Waals surface area contributed by atoms with Crippen molar-refractivity contribution in [3.63, 3.8) is 0 Å². The maximum Gasteiger partial charge on any atom is 0.305 e. The number of thiazole rings is 1. The van der Waals surface area contributed by atoms with E-state index in [0.29, 0.717) is 10.2 Å². The van der Waals surface area contributed by atoms with Gasteiger partial charge in [-0.25, -0.2) is 13.1 Å². The first-order valence-corrected chi connectivity index (χ1v) is 10.2. The number of aromatic amines is 1. The van der Waals surface area contributed by atoms with E-state index in [2.05, 4.69) is 28.7 Å². The zero-order chi connectivity index (χ0) is 18.2. The largest absolute Gasteiger partial charge is 0.312 e. The van der Waals surface area contributed by atoms with Gasteiger partial charge in [0.25, 0.3) is 0 Å². The van der Waals surface area contributed by atoms with Gasteiger partial charge < -0.3 is 4.98 Å². The number of H-pyrrole nitrogens is 1. The predicted octanol–water partition coefficient (Wildman–Crippen LogP) is 2.04. The van der Waals surface area contributed by atoms with Crippen molar-refractivity contribution >= 4 is 31.6 Å². The van der Waals surface area contributed by atoms with E-state index in [1.807, 2.05) is 13.1 Å². The van der Waals surface area contributed by atoms with Gasteiger partial charge in [0.05, 0.1) is 15.1 Å². The SMILES string of the molecule is CC(C)C(CNS(=O)(=O)c1ccc2[nH]c(=O)sc2c1)c1ccnn1C. The van der Waals surface area contributed by atoms with Crippen molar-refractivity contribution in [1.29, 1.82) is 0 Å². The third-order valence-corrected chi connectivity index (χ3v) is 6.51. The first-order valence-electron chi connectivity index (χ1n) is 7.88. The number of aryl methyl sites for hydroxylation is 1. The van der Waals surface area contributed by atoms with E-state index in [9.17, 15) is 13.2 Å². The second kappa shape index (κ2) is 6.74. The van der Waals surface area contributed by atoms with Gasteiger partial charge in [-0.1, -0.05) is 25.2 Å². The van der Waals surface area contributed by atoms with Crippen LogP contribution in [-0.4, -0.2) is 29.7 Å². The van der Waals surface area contributed by atoms with Gasteiger partial charge in [0.1, 0.15) is 0 Å². The van der Waals surface area contributed by atoms with Crippen molar-refractivity contribution in [3.05, 3.63) is 45.8 Å². The molecule has 1 atom stereocenters. The van der Waals surface area contributed by atoms with E-state index in [-0.39, 0.29) is 28.1 Å². The highest BCUT2D eigenvalue weighted by Gasteiger charge is 2.23. The van der Waals surface area contributed by atoms with Crippen molar-refractivity contribution in [2.24, 2.45) is 13.0 Å². The topological polar surface area (TPSA) is 96.8 Å². The summed E-state index contributed by atoms with van der Waals surface area (Å²) in [5, 5.41) is 4.17. The van der Waals surface area contributed by atoms with Gasteiger partial charge in [0.2, 0.25) is 10.0 Å². The molecule has 0 aliphatic heterocycles. The predicted molar refractivity (Wildman–Crippen MR) is 98.4 cm³/mol. The number of hydrogen-bond acceptors (Lipinski definition) is 5. The minimum atomic E-state index is -3.66. The van der Waals surface area contributed by atoms with Crippen LogP contribution in [0.1, 0.15) is 25.5 Å². The van der Waals surface area contributed by atoms with Gasteiger partial charge in [-0.3, -0.25) is 9.48 Å². The standard InChI is InChI=1S/C16H20N4O3S2/c1-10(2)12(14-6-7-17-20(14)3)9-18-25(22,23)11-4-5-13-15(8-11)24-16(21)19-13/h4-8,10,12,18H,9H2,1-3H3,(H,19,21). The van der Waals surface area contributed by atoms with Crippen LogP contribution < -0.4 is 9.60 Å². The summed E-state index contributed by atoms with van der Waals surface area (Å²) in [7, 11) is -1.82. The lowest BCUT2D eigenvalue weighted by molar-refractivity contribution is 0.458. The molecular weight excluding hydrogens is 360 g/mol. The average Bonchev–Trinajstić information content (AvgIpc) is 3.11. The minimum absolute atomic E-state index is 0.00863. The second-order valence-electron chi connectivity index (χ2n) is 6.25. The first kappa shape index (κ1) is 17.8. The fraction of sp³-hybridized carbons (Fsp3) is 0.375. The highest BCUT2D eigenvalue weighted by atomic mass is 32.2. The fourth-order valence-corrected chi connectivity index (χ4v) is 4.74. The van der Waals surface area contributed by atoms with E-state index in [1.165, 1.54) is 12.1 Å². The Morgan fingerprint density at radius 2 is 2.08 bits per heavy atom. The molecule has 1 unspecified atom stereocenters. The molecule has 0 aliphatic carbocycles. The molecule has 0 saturated carbocycles. The van der Waals surface area contributed by atoms with Crippen molar-refractivity contribution in [2.75, 3.05) is 6.54 Å². The Morgan fingerprint density at radius 1 is 1.32 bits per heavy atom. The number of sulfonamides is 1. The summed E-state index contributed by atoms with van der Waals surface area (Å²) < 4.78 is 30.4. The molecule has 0 radical (unpaired) electrons. The highest BCUT2D eigenvalue weighted by Crippen LogP contribution is 2.24. The average molecular weight is 380 g/mol. The Hall–Kier alpha value is -1.97. The van der Waals surface area contributed by atoms with Crippen LogP contribution in [0, 0.1) is 5.92 Å². The Balaban J connectivity index is 1.84. The molecule has 0 spiro atoms. The third kappa shape index (κ3) is 3.68. The van der Waals surface area contributed by atoms with E-state index < -0.39 is 10.0 Å². The van der Waals surface area contributed by atoms with Crippen molar-refractivity contribution in [2.45, 2.75) is 24.7 Å². The summed E-state index contributed by atoms with van der Waals surface area (Å²) in [5.74, 6) is 0.254. The number of fused-ring (bicyclic) bond motifs is 1. The molecule has 134 valence electrons. The summed E-state index contributed by atoms with van der Waals surface area (Å²) in [5.41, 5.74) is 1.63. The summed E-state index contributed by atoms with van der Waals surface area (Å²) in [6, 6.07) is 6.54. The summed E-state index contributed by atoms with van der Waals surface area (Å²) in [6.07, 6.45) is 1.71. The van der Waals surface area contributed by atoms with E-state index in [0.717, 1.165) is 17.0 Å². The zero-order valence-electron chi connectivity index (χ0n) is 14.2. The molecule has 2 N–H and O–H groups in total. The molecule has 0 saturated heterocycles. The van der Waals surface area contributed by atoms with Crippen molar-refractivity contribution in [1.82, 2.24) is 19.5 Å². The summed E-state index contributed by atoms with van der Waals surface area (Å²) >= 11 is 0.997. The maximum atomic E-state index is 12.6. The van der Waals surface area contributed by atoms with Gasteiger partial charge in [-0.05, 0) is 30.2 Å². The molecule has 2 heterocycles. The monoisotopic (exact) mass is 380 g/mol. The Kier molecular flexibility index (Phi) is 4.81. The van der Waals surface area contributed by atoms with Crippen molar-refractivity contribution < 1.29 is 8.42 Å². The van der Waals surface area contributed by atoms with E-state index in [4.69, 9.17) is 0 Å². The molecule has 0 bridgehead atoms. The number of nitrogens with one attached hydrogen (secondary N) is 2. The van der Waals surface area contributed by atoms with Crippen molar-refractivity contribution in [3.8, 4) is 0 Å². The lowest BCUT2D eigenvalue weighted by atomic mass is 9.93. The minimum Gasteiger partial charge on any atom is -0.312 e. The number of rotatable bonds is 6. The molecule has 7 nitrogen and oxygen atoms in total. The van der Waals surface area contributed by atoms with Crippen LogP contribution in [0.15, 0.2) is 40.2 Å². The zero-order valence-corrected chi connectivity index (χ0v) is 15.8. The molecule has 0 aliphatic rings. The van der Waals surface area contributed by atoms with E-state index >= 15 is 0 Å². The molecule has 3 rings (SSSR count). The number of hydrogen-bond donors (Lipinski definition) is 2. The van der Waals surface area contributed by atoms with Crippen LogP contribution in [-0.2, 0) is 17.1 Å². The number of aromatic nitrogens is 3. The molecule has 0 fully saturated rings. The lowest BCUT2D eigenvalue weighted by Gasteiger charge is -2.21. The van der Waals surface area contributed by atoms with Crippen LogP contribution in [0.3, 0.4) is 0 Å². The third-order valence-electron chi connectivity index (χ3n) is 4.24. The maximum absolute atomic E-state index is 12.6. The Bertz CT molecular complexity index is 1050. The second-order valence-corrected chi connectivity index (χ2v) is 9.04. The summed E-state index contributed by atoms with van der Waals surface area (Å²) in [4.78, 5) is 14.0. The van der Waals surface area contributed by atoms with Gasteiger partial charge in [0, 0.05) is 31.4 Å². The van der Waals surface area contributed by atoms with E-state index in [1.54, 1.807) is 16.9 Å². The number of nitrogens with zero attached hydrogens (tertiary/aromatic N) is 2. The molecular formula is C16H20N4O3S2. The van der Waals surface area contributed by atoms with Crippen LogP contribution in [0.4, 0.5) is 0 Å². The van der Waals surface area contributed by atoms with Crippen LogP contribution >= 0.6 is 11.3 Å². The molecule has 3 aromatic rings. The molecule has 0 amide bonds. The first-order chi connectivity index (χ1) is 11.8. The van der Waals surface area contributed by atoms with Gasteiger partial charge in [-0.15, -0.1) is 0 Å². The molecule has 25 heavy (non-hydrogen) atoms. The molecule has 2 aromatic heterocycles. The normalized spacial score (nSPS) is 13.6. The van der Waals surface area contributed by atoms with Crippen LogP contribution in [0.25, 0.3) is 10.2 Å². The smallest absolute Gasteiger partial charge is 0.305 e. The van der Waals surface area contributed by atoms with Gasteiger partial charge in [0.15, 0.2) is 0 Å². The lowest BCUT2D eigenvalue weighted by Crippen LogP contribution is -2.31.